The molecule has 24 heavy (non-hydrogen) atoms. The number of hydrogen-bond donors (Lipinski definition) is 3. The molecule has 0 spiro atoms. The lowest BCUT2D eigenvalue weighted by molar-refractivity contribution is 0.0975. The molecule has 1 fully saturated rings. The normalized spacial score (nSPS) is 13.1. The second-order valence-corrected chi connectivity index (χ2v) is 5.72. The van der Waals surface area contributed by atoms with E-state index in [1.165, 1.54) is 6.20 Å². The zero-order valence-corrected chi connectivity index (χ0v) is 14.4. The van der Waals surface area contributed by atoms with E-state index in [9.17, 15) is 4.79 Å². The Balaban J connectivity index is 0.00000208. The predicted octanol–water partition coefficient (Wildman–Crippen LogP) is 2.46. The van der Waals surface area contributed by atoms with E-state index < -0.39 is 11.9 Å². The Morgan fingerprint density at radius 2 is 2.21 bits per heavy atom. The van der Waals surface area contributed by atoms with Crippen LogP contribution in [0.5, 0.6) is 5.75 Å². The predicted molar refractivity (Wildman–Crippen MR) is 93.7 cm³/mol. The van der Waals surface area contributed by atoms with Crippen molar-refractivity contribution in [1.29, 1.82) is 5.41 Å². The first-order valence-corrected chi connectivity index (χ1v) is 7.46. The average molecular weight is 370 g/mol. The summed E-state index contributed by atoms with van der Waals surface area (Å²) in [6.45, 7) is 0. The number of guanidine groups is 1. The van der Waals surface area contributed by atoms with E-state index in [-0.39, 0.29) is 18.3 Å². The molecule has 1 aliphatic rings. The van der Waals surface area contributed by atoms with Crippen molar-refractivity contribution < 1.29 is 9.53 Å². The van der Waals surface area contributed by atoms with Gasteiger partial charge >= 0.3 is 0 Å². The van der Waals surface area contributed by atoms with Gasteiger partial charge < -0.3 is 10.5 Å². The molecular weight excluding hydrogens is 353 g/mol. The van der Waals surface area contributed by atoms with E-state index in [0.29, 0.717) is 22.0 Å². The smallest absolute Gasteiger partial charge is 0.261 e. The number of nitrogens with two attached hydrogens (primary N) is 1. The van der Waals surface area contributed by atoms with Crippen LogP contribution in [0.15, 0.2) is 24.4 Å². The molecule has 0 aliphatic heterocycles. The van der Waals surface area contributed by atoms with Crippen molar-refractivity contribution in [2.24, 2.45) is 5.73 Å². The van der Waals surface area contributed by atoms with E-state index in [1.54, 1.807) is 30.0 Å². The minimum atomic E-state index is -0.440. The largest absolute Gasteiger partial charge is 0.497 e. The number of aromatic nitrogens is 2. The van der Waals surface area contributed by atoms with Gasteiger partial charge in [0.25, 0.3) is 5.91 Å². The summed E-state index contributed by atoms with van der Waals surface area (Å²) in [6, 6.07) is 5.26. The molecule has 9 heteroatoms. The van der Waals surface area contributed by atoms with Gasteiger partial charge in [0, 0.05) is 12.0 Å². The lowest BCUT2D eigenvalue weighted by Crippen LogP contribution is -2.36. The number of carbonyl (C=O) groups excluding carboxylic acids is 1. The van der Waals surface area contributed by atoms with Crippen LogP contribution in [-0.2, 0) is 0 Å². The van der Waals surface area contributed by atoms with E-state index >= 15 is 0 Å². The molecule has 1 heterocycles. The number of halogens is 2. The van der Waals surface area contributed by atoms with Crippen molar-refractivity contribution in [3.63, 3.8) is 0 Å². The lowest BCUT2D eigenvalue weighted by atomic mass is 10.1. The third kappa shape index (κ3) is 3.47. The molecule has 3 rings (SSSR count). The quantitative estimate of drug-likeness (QED) is 0.568. The van der Waals surface area contributed by atoms with Crippen LogP contribution in [0, 0.1) is 5.41 Å². The Hall–Kier alpha value is -2.25. The fourth-order valence-electron chi connectivity index (χ4n) is 2.45. The zero-order valence-electron chi connectivity index (χ0n) is 12.9. The maximum Gasteiger partial charge on any atom is 0.261 e. The van der Waals surface area contributed by atoms with Crippen LogP contribution in [0.2, 0.25) is 5.02 Å². The van der Waals surface area contributed by atoms with Crippen LogP contribution in [0.25, 0.3) is 5.69 Å². The Kier molecular flexibility index (Phi) is 5.36. The standard InChI is InChI=1S/C15H16ClN5O2.ClH/c1-23-9-4-5-11(16)12(6-9)21-13(8-2-3-8)10(7-19-21)14(22)20-15(17)18;/h4-8H,2-3H2,1H3,(H4,17,18,20,22);1H. The summed E-state index contributed by atoms with van der Waals surface area (Å²) >= 11 is 6.29. The van der Waals surface area contributed by atoms with E-state index in [0.717, 1.165) is 18.5 Å². The summed E-state index contributed by atoms with van der Waals surface area (Å²) < 4.78 is 6.89. The van der Waals surface area contributed by atoms with Crippen LogP contribution in [0.1, 0.15) is 34.8 Å². The van der Waals surface area contributed by atoms with Crippen LogP contribution < -0.4 is 15.8 Å². The Labute approximate surface area is 150 Å². The number of carbonyl (C=O) groups is 1. The topological polar surface area (TPSA) is 106 Å². The van der Waals surface area contributed by atoms with Crippen molar-refractivity contribution in [2.45, 2.75) is 18.8 Å². The second-order valence-electron chi connectivity index (χ2n) is 5.31. The summed E-state index contributed by atoms with van der Waals surface area (Å²) in [5.41, 5.74) is 7.07. The minimum absolute atomic E-state index is 0. The number of benzene rings is 1. The number of nitrogens with one attached hydrogen (secondary N) is 2. The van der Waals surface area contributed by atoms with Crippen molar-refractivity contribution in [3.8, 4) is 11.4 Å². The van der Waals surface area contributed by atoms with Gasteiger partial charge in [-0.2, -0.15) is 5.10 Å². The van der Waals surface area contributed by atoms with Crippen molar-refractivity contribution >= 4 is 35.9 Å². The first kappa shape index (κ1) is 18.1. The molecule has 1 saturated carbocycles. The monoisotopic (exact) mass is 369 g/mol. The van der Waals surface area contributed by atoms with E-state index in [4.69, 9.17) is 27.5 Å². The molecule has 2 aromatic rings. The van der Waals surface area contributed by atoms with Gasteiger partial charge in [0.15, 0.2) is 5.96 Å². The summed E-state index contributed by atoms with van der Waals surface area (Å²) in [6.07, 6.45) is 3.43. The number of rotatable bonds is 4. The summed E-state index contributed by atoms with van der Waals surface area (Å²) in [5, 5.41) is 14.3. The molecule has 1 aliphatic carbocycles. The third-order valence-corrected chi connectivity index (χ3v) is 3.96. The van der Waals surface area contributed by atoms with Gasteiger partial charge in [-0.25, -0.2) is 4.68 Å². The lowest BCUT2D eigenvalue weighted by Gasteiger charge is -2.12. The molecule has 7 nitrogen and oxygen atoms in total. The van der Waals surface area contributed by atoms with Gasteiger partial charge in [0.05, 0.1) is 35.3 Å². The van der Waals surface area contributed by atoms with Gasteiger partial charge in [-0.15, -0.1) is 12.4 Å². The highest BCUT2D eigenvalue weighted by atomic mass is 35.5. The molecule has 1 amide bonds. The highest BCUT2D eigenvalue weighted by Gasteiger charge is 2.33. The molecule has 0 atom stereocenters. The van der Waals surface area contributed by atoms with E-state index in [2.05, 4.69) is 10.4 Å². The SMILES string of the molecule is COc1ccc(Cl)c(-n2ncc(C(=O)NC(=N)N)c2C2CC2)c1.Cl. The first-order chi connectivity index (χ1) is 11.0. The van der Waals surface area contributed by atoms with Crippen LogP contribution in [0.4, 0.5) is 0 Å². The molecule has 4 N–H and O–H groups in total. The van der Waals surface area contributed by atoms with Gasteiger partial charge in [-0.3, -0.25) is 15.5 Å². The van der Waals surface area contributed by atoms with Crippen molar-refractivity contribution in [2.75, 3.05) is 7.11 Å². The molecule has 0 saturated heterocycles. The average Bonchev–Trinajstić information content (AvgIpc) is 3.25. The fourth-order valence-corrected chi connectivity index (χ4v) is 2.64. The number of amides is 1. The Morgan fingerprint density at radius 3 is 2.79 bits per heavy atom. The zero-order chi connectivity index (χ0) is 16.6. The molecule has 128 valence electrons. The molecule has 1 aromatic carbocycles. The molecule has 0 bridgehead atoms. The first-order valence-electron chi connectivity index (χ1n) is 7.08. The Bertz CT molecular complexity index is 786. The van der Waals surface area contributed by atoms with Crippen LogP contribution in [0.3, 0.4) is 0 Å². The van der Waals surface area contributed by atoms with Gasteiger partial charge in [-0.1, -0.05) is 11.6 Å². The minimum Gasteiger partial charge on any atom is -0.497 e. The van der Waals surface area contributed by atoms with E-state index in [1.807, 2.05) is 0 Å². The summed E-state index contributed by atoms with van der Waals surface area (Å²) in [4.78, 5) is 12.2. The maximum absolute atomic E-state index is 12.2. The second kappa shape index (κ2) is 7.11. The molecule has 1 aromatic heterocycles. The third-order valence-electron chi connectivity index (χ3n) is 3.64. The van der Waals surface area contributed by atoms with Gasteiger partial charge in [0.2, 0.25) is 0 Å². The van der Waals surface area contributed by atoms with Crippen molar-refractivity contribution in [1.82, 2.24) is 15.1 Å². The number of methoxy groups -OCH3 is 1. The number of nitrogens with zero attached hydrogens (tertiary/aromatic N) is 2. The number of hydrogen-bond acceptors (Lipinski definition) is 4. The maximum atomic E-state index is 12.2. The Morgan fingerprint density at radius 1 is 1.50 bits per heavy atom. The van der Waals surface area contributed by atoms with Crippen molar-refractivity contribution in [3.05, 3.63) is 40.7 Å². The fraction of sp³-hybridized carbons (Fsp3) is 0.267. The van der Waals surface area contributed by atoms with Crippen LogP contribution >= 0.6 is 24.0 Å². The summed E-state index contributed by atoms with van der Waals surface area (Å²) in [7, 11) is 1.57. The molecule has 0 radical (unpaired) electrons. The highest BCUT2D eigenvalue weighted by molar-refractivity contribution is 6.32. The number of ether oxygens (including phenoxy) is 1. The molecular formula is C15H17Cl2N5O2. The van der Waals surface area contributed by atoms with Crippen LogP contribution in [-0.4, -0.2) is 28.8 Å². The highest BCUT2D eigenvalue weighted by Crippen LogP contribution is 2.43. The summed E-state index contributed by atoms with van der Waals surface area (Å²) in [5.74, 6) is 0.0532. The van der Waals surface area contributed by atoms with Gasteiger partial charge in [0.1, 0.15) is 5.75 Å². The molecule has 0 unspecified atom stereocenters. The van der Waals surface area contributed by atoms with Gasteiger partial charge in [-0.05, 0) is 25.0 Å².